The molecule has 0 saturated heterocycles. The van der Waals surface area contributed by atoms with Crippen LogP contribution >= 0.6 is 0 Å². The van der Waals surface area contributed by atoms with Crippen molar-refractivity contribution in [1.29, 1.82) is 0 Å². The molecule has 4 rings (SSSR count). The van der Waals surface area contributed by atoms with Crippen molar-refractivity contribution in [2.24, 2.45) is 0 Å². The van der Waals surface area contributed by atoms with Crippen molar-refractivity contribution in [3.63, 3.8) is 0 Å². The summed E-state index contributed by atoms with van der Waals surface area (Å²) in [5, 5.41) is 14.0. The van der Waals surface area contributed by atoms with Crippen molar-refractivity contribution in [2.75, 3.05) is 0 Å². The van der Waals surface area contributed by atoms with Crippen LogP contribution in [0.1, 0.15) is 15.9 Å². The van der Waals surface area contributed by atoms with Gasteiger partial charge in [-0.15, -0.1) is 0 Å². The van der Waals surface area contributed by atoms with Crippen LogP contribution in [0.25, 0.3) is 27.6 Å². The van der Waals surface area contributed by atoms with Gasteiger partial charge in [0.2, 0.25) is 0 Å². The van der Waals surface area contributed by atoms with Crippen molar-refractivity contribution in [3.8, 4) is 0 Å². The lowest BCUT2D eigenvalue weighted by molar-refractivity contribution is 0.0820. The number of fused-ring (bicyclic) bond motifs is 4. The summed E-state index contributed by atoms with van der Waals surface area (Å²) in [5.41, 5.74) is 1.51. The SMILES string of the molecule is O=C1c2c(ccc3cc4ccccc4cc23)C=CC1O. The Labute approximate surface area is 116 Å². The van der Waals surface area contributed by atoms with E-state index in [1.807, 2.05) is 42.5 Å². The number of hydrogen-bond donors (Lipinski definition) is 1. The Bertz CT molecular complexity index is 890. The molecule has 0 heterocycles. The van der Waals surface area contributed by atoms with E-state index in [1.54, 1.807) is 0 Å². The largest absolute Gasteiger partial charge is 0.381 e. The molecule has 0 amide bonds. The molecular weight excluding hydrogens is 248 g/mol. The van der Waals surface area contributed by atoms with Gasteiger partial charge in [0.15, 0.2) is 5.78 Å². The molecule has 0 radical (unpaired) electrons. The van der Waals surface area contributed by atoms with Crippen molar-refractivity contribution < 1.29 is 9.90 Å². The first kappa shape index (κ1) is 11.4. The van der Waals surface area contributed by atoms with E-state index in [2.05, 4.69) is 12.1 Å². The highest BCUT2D eigenvalue weighted by Gasteiger charge is 2.23. The highest BCUT2D eigenvalue weighted by molar-refractivity contribution is 6.17. The third kappa shape index (κ3) is 1.52. The van der Waals surface area contributed by atoms with Crippen LogP contribution in [0.15, 0.2) is 54.6 Å². The molecule has 96 valence electrons. The van der Waals surface area contributed by atoms with E-state index >= 15 is 0 Å². The van der Waals surface area contributed by atoms with Crippen molar-refractivity contribution in [1.82, 2.24) is 0 Å². The van der Waals surface area contributed by atoms with Gasteiger partial charge in [0, 0.05) is 5.56 Å². The van der Waals surface area contributed by atoms with E-state index in [-0.39, 0.29) is 5.78 Å². The number of benzene rings is 3. The number of carbonyl (C=O) groups excluding carboxylic acids is 1. The van der Waals surface area contributed by atoms with E-state index < -0.39 is 6.10 Å². The molecule has 0 spiro atoms. The van der Waals surface area contributed by atoms with Crippen LogP contribution in [0.4, 0.5) is 0 Å². The van der Waals surface area contributed by atoms with Gasteiger partial charge in [-0.1, -0.05) is 42.5 Å². The molecule has 1 aliphatic carbocycles. The first-order chi connectivity index (χ1) is 9.74. The maximum atomic E-state index is 12.3. The fraction of sp³-hybridized carbons (Fsp3) is 0.0556. The predicted octanol–water partition coefficient (Wildman–Crippen LogP) is 3.56. The minimum atomic E-state index is -1.03. The monoisotopic (exact) mass is 260 g/mol. The Kier molecular flexibility index (Phi) is 2.29. The third-order valence-corrected chi connectivity index (χ3v) is 3.89. The van der Waals surface area contributed by atoms with E-state index in [4.69, 9.17) is 0 Å². The zero-order valence-electron chi connectivity index (χ0n) is 10.7. The lowest BCUT2D eigenvalue weighted by atomic mass is 9.88. The molecule has 3 aromatic carbocycles. The van der Waals surface area contributed by atoms with E-state index in [9.17, 15) is 9.90 Å². The van der Waals surface area contributed by atoms with Gasteiger partial charge < -0.3 is 5.11 Å². The Morgan fingerprint density at radius 3 is 2.45 bits per heavy atom. The normalized spacial score (nSPS) is 17.6. The Hall–Kier alpha value is -2.45. The zero-order chi connectivity index (χ0) is 13.7. The first-order valence-corrected chi connectivity index (χ1v) is 6.60. The lowest BCUT2D eigenvalue weighted by Crippen LogP contribution is -2.22. The van der Waals surface area contributed by atoms with Crippen LogP contribution in [0, 0.1) is 0 Å². The Morgan fingerprint density at radius 1 is 0.900 bits per heavy atom. The lowest BCUT2D eigenvalue weighted by Gasteiger charge is -2.16. The maximum absolute atomic E-state index is 12.3. The van der Waals surface area contributed by atoms with Gasteiger partial charge in [-0.25, -0.2) is 0 Å². The molecule has 0 bridgehead atoms. The molecular formula is C18H12O2. The van der Waals surface area contributed by atoms with Crippen molar-refractivity contribution in [2.45, 2.75) is 6.10 Å². The van der Waals surface area contributed by atoms with Gasteiger partial charge in [0.1, 0.15) is 6.10 Å². The van der Waals surface area contributed by atoms with E-state index in [0.29, 0.717) is 5.56 Å². The first-order valence-electron chi connectivity index (χ1n) is 6.60. The second-order valence-corrected chi connectivity index (χ2v) is 5.12. The number of aliphatic hydroxyl groups is 1. The Balaban J connectivity index is 2.15. The number of Topliss-reactive ketones (excluding diaryl/α,β-unsaturated/α-hetero) is 1. The van der Waals surface area contributed by atoms with Gasteiger partial charge in [0.25, 0.3) is 0 Å². The summed E-state index contributed by atoms with van der Waals surface area (Å²) in [6.45, 7) is 0. The predicted molar refractivity (Wildman–Crippen MR) is 80.8 cm³/mol. The molecule has 20 heavy (non-hydrogen) atoms. The molecule has 1 N–H and O–H groups in total. The summed E-state index contributed by atoms with van der Waals surface area (Å²) < 4.78 is 0. The Morgan fingerprint density at radius 2 is 1.65 bits per heavy atom. The number of hydrogen-bond acceptors (Lipinski definition) is 2. The fourth-order valence-corrected chi connectivity index (χ4v) is 2.87. The second kappa shape index (κ2) is 4.02. The standard InChI is InChI=1S/C18H12O2/c19-16-8-7-11-5-6-14-9-12-3-1-2-4-13(12)10-15(14)17(11)18(16)20/h1-10,16,19H. The summed E-state index contributed by atoms with van der Waals surface area (Å²) in [6, 6.07) is 16.2. The average Bonchev–Trinajstić information content (AvgIpc) is 2.48. The van der Waals surface area contributed by atoms with Gasteiger partial charge in [-0.2, -0.15) is 0 Å². The fourth-order valence-electron chi connectivity index (χ4n) is 2.87. The summed E-state index contributed by atoms with van der Waals surface area (Å²) in [4.78, 5) is 12.3. The molecule has 0 aliphatic heterocycles. The summed E-state index contributed by atoms with van der Waals surface area (Å²) in [7, 11) is 0. The molecule has 0 saturated carbocycles. The highest BCUT2D eigenvalue weighted by atomic mass is 16.3. The number of aliphatic hydroxyl groups excluding tert-OH is 1. The number of rotatable bonds is 0. The maximum Gasteiger partial charge on any atom is 0.196 e. The summed E-state index contributed by atoms with van der Waals surface area (Å²) >= 11 is 0. The zero-order valence-corrected chi connectivity index (χ0v) is 10.7. The van der Waals surface area contributed by atoms with Gasteiger partial charge >= 0.3 is 0 Å². The van der Waals surface area contributed by atoms with Crippen molar-refractivity contribution >= 4 is 33.4 Å². The van der Waals surface area contributed by atoms with Crippen LogP contribution < -0.4 is 0 Å². The molecule has 0 aromatic heterocycles. The molecule has 1 unspecified atom stereocenters. The third-order valence-electron chi connectivity index (χ3n) is 3.89. The van der Waals surface area contributed by atoms with Crippen LogP contribution in [0.5, 0.6) is 0 Å². The van der Waals surface area contributed by atoms with Crippen LogP contribution in [0.2, 0.25) is 0 Å². The van der Waals surface area contributed by atoms with E-state index in [1.165, 1.54) is 6.08 Å². The number of ketones is 1. The average molecular weight is 260 g/mol. The molecule has 3 aromatic rings. The topological polar surface area (TPSA) is 37.3 Å². The molecule has 1 atom stereocenters. The van der Waals surface area contributed by atoms with Crippen LogP contribution in [0.3, 0.4) is 0 Å². The van der Waals surface area contributed by atoms with Gasteiger partial charge in [0.05, 0.1) is 0 Å². The highest BCUT2D eigenvalue weighted by Crippen LogP contribution is 2.31. The molecule has 0 fully saturated rings. The van der Waals surface area contributed by atoms with Crippen LogP contribution in [-0.4, -0.2) is 17.0 Å². The second-order valence-electron chi connectivity index (χ2n) is 5.12. The van der Waals surface area contributed by atoms with Gasteiger partial charge in [-0.05, 0) is 45.3 Å². The van der Waals surface area contributed by atoms with Gasteiger partial charge in [-0.3, -0.25) is 4.79 Å². The molecule has 2 nitrogen and oxygen atoms in total. The minimum Gasteiger partial charge on any atom is -0.381 e. The molecule has 2 heteroatoms. The number of carbonyl (C=O) groups is 1. The summed E-state index contributed by atoms with van der Waals surface area (Å²) in [5.74, 6) is -0.219. The van der Waals surface area contributed by atoms with E-state index in [0.717, 1.165) is 27.1 Å². The van der Waals surface area contributed by atoms with Crippen molar-refractivity contribution in [3.05, 3.63) is 65.7 Å². The smallest absolute Gasteiger partial charge is 0.196 e. The molecule has 1 aliphatic rings. The minimum absolute atomic E-state index is 0.219. The van der Waals surface area contributed by atoms with Crippen LogP contribution in [-0.2, 0) is 0 Å². The summed E-state index contributed by atoms with van der Waals surface area (Å²) in [6.07, 6.45) is 2.33. The quantitative estimate of drug-likeness (QED) is 0.627.